The van der Waals surface area contributed by atoms with Crippen LogP contribution in [-0.2, 0) is 14.8 Å². The Kier molecular flexibility index (Phi) is 6.79. The first-order valence-corrected chi connectivity index (χ1v) is 12.1. The standard InChI is InChI=1S/C23H30N2O5S/c1-23(2)16-20(19-8-5-6-9-21(19)30-23)24-22(26)10-7-15-25(31(4,27)28)17-11-13-18(29-3)14-12-17/h5-6,8-9,11-14,20H,7,10,15-16H2,1-4H3,(H,24,26)/t20-/m1/s1. The zero-order chi connectivity index (χ0) is 22.6. The molecule has 1 aliphatic heterocycles. The molecule has 0 fully saturated rings. The zero-order valence-electron chi connectivity index (χ0n) is 18.4. The molecule has 2 aromatic carbocycles. The number of nitrogens with one attached hydrogen (secondary N) is 1. The molecule has 0 unspecified atom stereocenters. The minimum atomic E-state index is -3.47. The largest absolute Gasteiger partial charge is 0.497 e. The highest BCUT2D eigenvalue weighted by molar-refractivity contribution is 7.92. The third kappa shape index (κ3) is 5.91. The van der Waals surface area contributed by atoms with Crippen LogP contribution in [0.25, 0.3) is 0 Å². The molecule has 1 amide bonds. The summed E-state index contributed by atoms with van der Waals surface area (Å²) in [6.07, 6.45) is 2.46. The van der Waals surface area contributed by atoms with Crippen LogP contribution in [0.2, 0.25) is 0 Å². The van der Waals surface area contributed by atoms with Gasteiger partial charge in [-0.25, -0.2) is 8.42 Å². The third-order valence-electron chi connectivity index (χ3n) is 5.24. The number of ether oxygens (including phenoxy) is 2. The van der Waals surface area contributed by atoms with Crippen molar-refractivity contribution in [2.45, 2.75) is 44.8 Å². The summed E-state index contributed by atoms with van der Waals surface area (Å²) in [6, 6.07) is 14.4. The van der Waals surface area contributed by atoms with Crippen molar-refractivity contribution in [3.05, 3.63) is 54.1 Å². The molecule has 0 aromatic heterocycles. The highest BCUT2D eigenvalue weighted by Crippen LogP contribution is 2.39. The lowest BCUT2D eigenvalue weighted by Crippen LogP contribution is -2.41. The van der Waals surface area contributed by atoms with Gasteiger partial charge in [-0.3, -0.25) is 9.10 Å². The molecular weight excluding hydrogens is 416 g/mol. The molecule has 1 aliphatic rings. The fraction of sp³-hybridized carbons (Fsp3) is 0.435. The van der Waals surface area contributed by atoms with E-state index < -0.39 is 10.0 Å². The van der Waals surface area contributed by atoms with E-state index in [0.717, 1.165) is 11.3 Å². The normalized spacial score (nSPS) is 17.2. The lowest BCUT2D eigenvalue weighted by molar-refractivity contribution is -0.122. The first kappa shape index (κ1) is 22.9. The lowest BCUT2D eigenvalue weighted by Gasteiger charge is -2.37. The minimum Gasteiger partial charge on any atom is -0.497 e. The number of rotatable bonds is 8. The van der Waals surface area contributed by atoms with Gasteiger partial charge in [-0.05, 0) is 50.6 Å². The van der Waals surface area contributed by atoms with Gasteiger partial charge in [0.15, 0.2) is 0 Å². The maximum Gasteiger partial charge on any atom is 0.232 e. The second-order valence-electron chi connectivity index (χ2n) is 8.36. The number of para-hydroxylation sites is 1. The van der Waals surface area contributed by atoms with E-state index in [1.807, 2.05) is 38.1 Å². The summed E-state index contributed by atoms with van der Waals surface area (Å²) in [5.74, 6) is 1.32. The molecule has 2 aromatic rings. The maximum atomic E-state index is 12.6. The van der Waals surface area contributed by atoms with E-state index in [1.165, 1.54) is 10.6 Å². The third-order valence-corrected chi connectivity index (χ3v) is 6.43. The molecule has 31 heavy (non-hydrogen) atoms. The number of hydrogen-bond donors (Lipinski definition) is 1. The number of nitrogens with zero attached hydrogens (tertiary/aromatic N) is 1. The van der Waals surface area contributed by atoms with E-state index >= 15 is 0 Å². The number of hydrogen-bond acceptors (Lipinski definition) is 5. The molecule has 0 bridgehead atoms. The zero-order valence-corrected chi connectivity index (χ0v) is 19.2. The van der Waals surface area contributed by atoms with Crippen LogP contribution in [0.4, 0.5) is 5.69 Å². The number of anilines is 1. The van der Waals surface area contributed by atoms with Gasteiger partial charge in [0.1, 0.15) is 17.1 Å². The van der Waals surface area contributed by atoms with E-state index in [1.54, 1.807) is 31.4 Å². The van der Waals surface area contributed by atoms with Gasteiger partial charge in [-0.15, -0.1) is 0 Å². The number of fused-ring (bicyclic) bond motifs is 1. The van der Waals surface area contributed by atoms with Crippen molar-refractivity contribution in [1.82, 2.24) is 5.32 Å². The van der Waals surface area contributed by atoms with Gasteiger partial charge in [-0.2, -0.15) is 0 Å². The maximum absolute atomic E-state index is 12.6. The summed E-state index contributed by atoms with van der Waals surface area (Å²) in [6.45, 7) is 4.22. The fourth-order valence-electron chi connectivity index (χ4n) is 3.82. The van der Waals surface area contributed by atoms with Gasteiger partial charge in [0.05, 0.1) is 25.1 Å². The van der Waals surface area contributed by atoms with Crippen molar-refractivity contribution in [2.75, 3.05) is 24.2 Å². The first-order valence-electron chi connectivity index (χ1n) is 10.3. The molecule has 1 heterocycles. The number of sulfonamides is 1. The van der Waals surface area contributed by atoms with Crippen LogP contribution in [0, 0.1) is 0 Å². The Morgan fingerprint density at radius 3 is 2.52 bits per heavy atom. The first-order chi connectivity index (χ1) is 14.6. The summed E-state index contributed by atoms with van der Waals surface area (Å²) in [5, 5.41) is 3.09. The number of benzene rings is 2. The molecule has 0 radical (unpaired) electrons. The highest BCUT2D eigenvalue weighted by atomic mass is 32.2. The van der Waals surface area contributed by atoms with Gasteiger partial charge in [-0.1, -0.05) is 18.2 Å². The molecule has 3 rings (SSSR count). The van der Waals surface area contributed by atoms with Gasteiger partial charge < -0.3 is 14.8 Å². The van der Waals surface area contributed by atoms with Crippen LogP contribution in [0.5, 0.6) is 11.5 Å². The van der Waals surface area contributed by atoms with Gasteiger partial charge in [0.2, 0.25) is 15.9 Å². The van der Waals surface area contributed by atoms with Crippen LogP contribution in [0.15, 0.2) is 48.5 Å². The van der Waals surface area contributed by atoms with Crippen LogP contribution in [0.3, 0.4) is 0 Å². The van der Waals surface area contributed by atoms with Gasteiger partial charge in [0.25, 0.3) is 0 Å². The van der Waals surface area contributed by atoms with Crippen LogP contribution < -0.4 is 19.1 Å². The van der Waals surface area contributed by atoms with Crippen molar-refractivity contribution < 1.29 is 22.7 Å². The molecule has 8 heteroatoms. The quantitative estimate of drug-likeness (QED) is 0.669. The molecule has 7 nitrogen and oxygen atoms in total. The molecule has 1 atom stereocenters. The molecule has 0 spiro atoms. The van der Waals surface area contributed by atoms with Crippen LogP contribution in [-0.4, -0.2) is 39.8 Å². The smallest absolute Gasteiger partial charge is 0.232 e. The van der Waals surface area contributed by atoms with E-state index in [9.17, 15) is 13.2 Å². The Balaban J connectivity index is 1.62. The topological polar surface area (TPSA) is 84.9 Å². The monoisotopic (exact) mass is 446 g/mol. The van der Waals surface area contributed by atoms with Crippen LogP contribution in [0.1, 0.15) is 44.7 Å². The summed E-state index contributed by atoms with van der Waals surface area (Å²) >= 11 is 0. The second-order valence-corrected chi connectivity index (χ2v) is 10.3. The van der Waals surface area contributed by atoms with Crippen molar-refractivity contribution in [3.63, 3.8) is 0 Å². The SMILES string of the molecule is COc1ccc(N(CCCC(=O)N[C@@H]2CC(C)(C)Oc3ccccc32)S(C)(=O)=O)cc1. The fourth-order valence-corrected chi connectivity index (χ4v) is 4.78. The van der Waals surface area contributed by atoms with Crippen molar-refractivity contribution >= 4 is 21.6 Å². The Morgan fingerprint density at radius 2 is 1.87 bits per heavy atom. The van der Waals surface area contributed by atoms with E-state index in [2.05, 4.69) is 5.32 Å². The predicted molar refractivity (Wildman–Crippen MR) is 121 cm³/mol. The Morgan fingerprint density at radius 1 is 1.19 bits per heavy atom. The molecular formula is C23H30N2O5S. The Labute approximate surface area is 184 Å². The predicted octanol–water partition coefficient (Wildman–Crippen LogP) is 3.66. The second kappa shape index (κ2) is 9.18. The molecule has 1 N–H and O–H groups in total. The van der Waals surface area contributed by atoms with Crippen molar-refractivity contribution in [3.8, 4) is 11.5 Å². The highest BCUT2D eigenvalue weighted by Gasteiger charge is 2.34. The minimum absolute atomic E-state index is 0.110. The van der Waals surface area contributed by atoms with E-state index in [-0.39, 0.29) is 30.5 Å². The summed E-state index contributed by atoms with van der Waals surface area (Å²) in [7, 11) is -1.92. The van der Waals surface area contributed by atoms with Crippen molar-refractivity contribution in [2.24, 2.45) is 0 Å². The Bertz CT molecular complexity index is 1020. The number of methoxy groups -OCH3 is 1. The number of carbonyl (C=O) groups is 1. The molecule has 0 aliphatic carbocycles. The van der Waals surface area contributed by atoms with Crippen LogP contribution >= 0.6 is 0 Å². The summed E-state index contributed by atoms with van der Waals surface area (Å²) in [5.41, 5.74) is 1.13. The van der Waals surface area contributed by atoms with E-state index in [4.69, 9.17) is 9.47 Å². The van der Waals surface area contributed by atoms with Gasteiger partial charge >= 0.3 is 0 Å². The lowest BCUT2D eigenvalue weighted by atomic mass is 9.89. The number of amides is 1. The summed E-state index contributed by atoms with van der Waals surface area (Å²) in [4.78, 5) is 12.6. The number of carbonyl (C=O) groups excluding carboxylic acids is 1. The van der Waals surface area contributed by atoms with E-state index in [0.29, 0.717) is 24.3 Å². The van der Waals surface area contributed by atoms with Crippen molar-refractivity contribution in [1.29, 1.82) is 0 Å². The summed E-state index contributed by atoms with van der Waals surface area (Å²) < 4.78 is 37.0. The molecule has 168 valence electrons. The molecule has 0 saturated heterocycles. The van der Waals surface area contributed by atoms with Gasteiger partial charge in [0, 0.05) is 24.9 Å². The Hall–Kier alpha value is -2.74. The average molecular weight is 447 g/mol. The molecule has 0 saturated carbocycles. The average Bonchev–Trinajstić information content (AvgIpc) is 2.69.